The minimum Gasteiger partial charge on any atom is -0.329 e. The quantitative estimate of drug-likeness (QED) is 0.350. The molecule has 4 rings (SSSR count). The minimum absolute atomic E-state index is 0.0189. The van der Waals surface area contributed by atoms with E-state index in [1.807, 2.05) is 87.5 Å². The van der Waals surface area contributed by atoms with E-state index in [4.69, 9.17) is 4.84 Å². The number of fused-ring (bicyclic) bond motifs is 1. The fourth-order valence-electron chi connectivity index (χ4n) is 4.06. The van der Waals surface area contributed by atoms with Crippen molar-refractivity contribution in [3.05, 3.63) is 66.7 Å². The van der Waals surface area contributed by atoms with Gasteiger partial charge in [-0.1, -0.05) is 42.5 Å². The highest BCUT2D eigenvalue weighted by Crippen LogP contribution is 2.33. The van der Waals surface area contributed by atoms with Crippen LogP contribution >= 0.6 is 0 Å². The molecule has 0 unspecified atom stereocenters. The maximum Gasteiger partial charge on any atom is 0.247 e. The maximum absolute atomic E-state index is 13.2. The predicted octanol–water partition coefficient (Wildman–Crippen LogP) is 5.50. The van der Waals surface area contributed by atoms with E-state index >= 15 is 0 Å². The van der Waals surface area contributed by atoms with Gasteiger partial charge in [-0.2, -0.15) is 10.6 Å². The second-order valence-electron chi connectivity index (χ2n) is 9.48. The fourth-order valence-corrected chi connectivity index (χ4v) is 4.06. The second kappa shape index (κ2) is 10.8. The Morgan fingerprint density at radius 3 is 2.43 bits per heavy atom. The molecule has 1 atom stereocenters. The number of nitrogens with one attached hydrogen (secondary N) is 2. The van der Waals surface area contributed by atoms with Gasteiger partial charge in [-0.3, -0.25) is 14.4 Å². The van der Waals surface area contributed by atoms with Gasteiger partial charge in [0.1, 0.15) is 12.6 Å². The van der Waals surface area contributed by atoms with Crippen molar-refractivity contribution in [1.82, 2.24) is 10.4 Å². The molecule has 3 aromatic rings. The largest absolute Gasteiger partial charge is 0.329 e. The lowest BCUT2D eigenvalue weighted by Gasteiger charge is -2.25. The maximum atomic E-state index is 13.2. The van der Waals surface area contributed by atoms with Gasteiger partial charge in [0.15, 0.2) is 0 Å². The van der Waals surface area contributed by atoms with Gasteiger partial charge in [0, 0.05) is 23.0 Å². The van der Waals surface area contributed by atoms with Crippen LogP contribution in [-0.4, -0.2) is 41.4 Å². The number of amides is 2. The molecule has 0 aromatic heterocycles. The van der Waals surface area contributed by atoms with Crippen molar-refractivity contribution in [2.45, 2.75) is 45.3 Å². The highest BCUT2D eigenvalue weighted by Gasteiger charge is 2.34. The number of hydrogen-bond acceptors (Lipinski definition) is 6. The van der Waals surface area contributed by atoms with Crippen molar-refractivity contribution in [2.75, 3.05) is 18.4 Å². The van der Waals surface area contributed by atoms with E-state index in [2.05, 4.69) is 21.0 Å². The third-order valence-electron chi connectivity index (χ3n) is 5.67. The first-order chi connectivity index (χ1) is 16.8. The van der Waals surface area contributed by atoms with Crippen LogP contribution in [0.15, 0.2) is 77.0 Å². The molecule has 0 saturated carbocycles. The smallest absolute Gasteiger partial charge is 0.247 e. The van der Waals surface area contributed by atoms with Crippen LogP contribution < -0.4 is 10.8 Å². The van der Waals surface area contributed by atoms with Gasteiger partial charge in [0.2, 0.25) is 11.8 Å². The Labute approximate surface area is 205 Å². The number of anilines is 1. The Morgan fingerprint density at radius 2 is 1.69 bits per heavy atom. The number of hydroxylamine groups is 1. The van der Waals surface area contributed by atoms with Crippen LogP contribution in [0.5, 0.6) is 0 Å². The minimum atomic E-state index is -0.518. The van der Waals surface area contributed by atoms with Crippen molar-refractivity contribution in [3.63, 3.8) is 0 Å². The van der Waals surface area contributed by atoms with Gasteiger partial charge in [-0.05, 0) is 57.9 Å². The number of benzene rings is 3. The van der Waals surface area contributed by atoms with E-state index in [1.165, 1.54) is 0 Å². The van der Waals surface area contributed by atoms with Gasteiger partial charge in [0.25, 0.3) is 0 Å². The Morgan fingerprint density at radius 1 is 0.971 bits per heavy atom. The summed E-state index contributed by atoms with van der Waals surface area (Å²) in [5.74, 6) is -0.357. The lowest BCUT2D eigenvalue weighted by molar-refractivity contribution is -0.141. The second-order valence-corrected chi connectivity index (χ2v) is 9.48. The zero-order chi connectivity index (χ0) is 24.8. The fraction of sp³-hybridized carbons (Fsp3) is 0.333. The average molecular weight is 474 g/mol. The summed E-state index contributed by atoms with van der Waals surface area (Å²) in [6.45, 7) is 6.26. The molecule has 2 N–H and O–H groups in total. The van der Waals surface area contributed by atoms with Crippen LogP contribution in [0, 0.1) is 0 Å². The molecule has 0 aliphatic carbocycles. The first-order valence-corrected chi connectivity index (χ1v) is 11.8. The first-order valence-electron chi connectivity index (χ1n) is 11.8. The van der Waals surface area contributed by atoms with Gasteiger partial charge in [0.05, 0.1) is 17.0 Å². The van der Waals surface area contributed by atoms with Gasteiger partial charge in [-0.25, -0.2) is 0 Å². The molecule has 0 spiro atoms. The number of azo groups is 1. The van der Waals surface area contributed by atoms with Crippen LogP contribution in [0.1, 0.15) is 33.6 Å². The molecular formula is C27H31N5O3. The molecule has 0 radical (unpaired) electrons. The molecule has 2 amide bonds. The van der Waals surface area contributed by atoms with Crippen LogP contribution in [0.2, 0.25) is 0 Å². The van der Waals surface area contributed by atoms with Gasteiger partial charge in [-0.15, -0.1) is 5.11 Å². The third-order valence-corrected chi connectivity index (χ3v) is 5.67. The van der Waals surface area contributed by atoms with Crippen molar-refractivity contribution >= 4 is 39.6 Å². The summed E-state index contributed by atoms with van der Waals surface area (Å²) >= 11 is 0. The zero-order valence-corrected chi connectivity index (χ0v) is 20.3. The summed E-state index contributed by atoms with van der Waals surface area (Å²) < 4.78 is 0. The molecule has 1 saturated heterocycles. The molecule has 3 aromatic carbocycles. The molecular weight excluding hydrogens is 442 g/mol. The zero-order valence-electron chi connectivity index (χ0n) is 20.3. The van der Waals surface area contributed by atoms with Crippen molar-refractivity contribution in [1.29, 1.82) is 0 Å². The lowest BCUT2D eigenvalue weighted by Crippen LogP contribution is -2.47. The molecule has 182 valence electrons. The van der Waals surface area contributed by atoms with E-state index in [1.54, 1.807) is 4.90 Å². The van der Waals surface area contributed by atoms with Crippen LogP contribution in [0.3, 0.4) is 0 Å². The van der Waals surface area contributed by atoms with Crippen LogP contribution in [-0.2, 0) is 14.4 Å². The first kappa shape index (κ1) is 24.5. The SMILES string of the molecule is CC(C)(C)ONCC(=O)N1CCC[C@H]1C(=O)Nc1ccc(N=Nc2ccccc2)c2ccccc12. The number of carbonyl (C=O) groups is 2. The molecule has 1 aliphatic rings. The van der Waals surface area contributed by atoms with Crippen molar-refractivity contribution in [2.24, 2.45) is 10.2 Å². The molecule has 35 heavy (non-hydrogen) atoms. The molecule has 1 aliphatic heterocycles. The summed E-state index contributed by atoms with van der Waals surface area (Å²) in [6, 6.07) is 20.4. The monoisotopic (exact) mass is 473 g/mol. The Bertz CT molecular complexity index is 1220. The van der Waals surface area contributed by atoms with Crippen LogP contribution in [0.4, 0.5) is 17.1 Å². The van der Waals surface area contributed by atoms with Crippen LogP contribution in [0.25, 0.3) is 10.8 Å². The summed E-state index contributed by atoms with van der Waals surface area (Å²) in [5.41, 5.74) is 4.47. The summed E-state index contributed by atoms with van der Waals surface area (Å²) in [5, 5.41) is 13.5. The molecule has 0 bridgehead atoms. The lowest BCUT2D eigenvalue weighted by atomic mass is 10.1. The Hall–Kier alpha value is -3.62. The van der Waals surface area contributed by atoms with Gasteiger partial charge >= 0.3 is 0 Å². The van der Waals surface area contributed by atoms with Gasteiger partial charge < -0.3 is 10.2 Å². The summed E-state index contributed by atoms with van der Waals surface area (Å²) in [4.78, 5) is 33.0. The van der Waals surface area contributed by atoms with Crippen molar-refractivity contribution < 1.29 is 14.4 Å². The highest BCUT2D eigenvalue weighted by atomic mass is 16.7. The van der Waals surface area contributed by atoms with E-state index < -0.39 is 11.6 Å². The number of rotatable bonds is 7. The molecule has 1 heterocycles. The Kier molecular flexibility index (Phi) is 7.53. The molecule has 1 fully saturated rings. The number of likely N-dealkylation sites (tertiary alicyclic amines) is 1. The van der Waals surface area contributed by atoms with E-state index in [9.17, 15) is 9.59 Å². The number of nitrogens with zero attached hydrogens (tertiary/aromatic N) is 3. The number of carbonyl (C=O) groups excluding carboxylic acids is 2. The standard InChI is InChI=1S/C27H31N5O3/c1-27(2,3)35-28-18-25(33)32-17-9-14-24(32)26(34)29-22-15-16-23(21-13-8-7-12-20(21)22)31-30-19-10-5-4-6-11-19/h4-8,10-13,15-16,24,28H,9,14,17-18H2,1-3H3,(H,29,34)/t24-/m0/s1. The topological polar surface area (TPSA) is 95.4 Å². The molecule has 8 heteroatoms. The average Bonchev–Trinajstić information content (AvgIpc) is 3.34. The van der Waals surface area contributed by atoms with E-state index in [0.717, 1.165) is 22.9 Å². The van der Waals surface area contributed by atoms with E-state index in [-0.39, 0.29) is 18.4 Å². The predicted molar refractivity (Wildman–Crippen MR) is 137 cm³/mol. The molecule has 8 nitrogen and oxygen atoms in total. The van der Waals surface area contributed by atoms with E-state index in [0.29, 0.717) is 24.3 Å². The van der Waals surface area contributed by atoms with Crippen molar-refractivity contribution in [3.8, 4) is 0 Å². The highest BCUT2D eigenvalue weighted by molar-refractivity contribution is 6.07. The Balaban J connectivity index is 1.48. The summed E-state index contributed by atoms with van der Waals surface area (Å²) in [7, 11) is 0. The number of hydrogen-bond donors (Lipinski definition) is 2. The summed E-state index contributed by atoms with van der Waals surface area (Å²) in [6.07, 6.45) is 1.41. The third kappa shape index (κ3) is 6.29. The normalized spacial score (nSPS) is 16.2.